The van der Waals surface area contributed by atoms with E-state index >= 15 is 0 Å². The summed E-state index contributed by atoms with van der Waals surface area (Å²) in [4.78, 5) is 10.8. The number of carbonyl (C=O) groups excluding carboxylic acids is 1. The van der Waals surface area contributed by atoms with Gasteiger partial charge in [0.25, 0.3) is 0 Å². The molecule has 1 aliphatic rings. The second-order valence-corrected chi connectivity index (χ2v) is 4.20. The zero-order valence-corrected chi connectivity index (χ0v) is 10.1. The van der Waals surface area contributed by atoms with Gasteiger partial charge >= 0.3 is 0 Å². The van der Waals surface area contributed by atoms with Gasteiger partial charge in [-0.15, -0.1) is 0 Å². The minimum atomic E-state index is -1.12. The molecule has 0 amide bonds. The molecule has 0 saturated heterocycles. The molecule has 12 heavy (non-hydrogen) atoms. The number of rotatable bonds is 1. The van der Waals surface area contributed by atoms with E-state index in [0.29, 0.717) is 0 Å². The molecule has 6 heteroatoms. The fourth-order valence-corrected chi connectivity index (χ4v) is 1.62. The Morgan fingerprint density at radius 2 is 2.25 bits per heavy atom. The summed E-state index contributed by atoms with van der Waals surface area (Å²) in [6, 6.07) is 0. The fraction of sp³-hybridized carbons (Fsp3) is 0.167. The molecule has 1 atom stereocenters. The molecule has 66 valence electrons. The largest absolute Gasteiger partial charge is 0.507 e. The van der Waals surface area contributed by atoms with Gasteiger partial charge in [-0.25, -0.2) is 0 Å². The minimum Gasteiger partial charge on any atom is -0.507 e. The van der Waals surface area contributed by atoms with Crippen molar-refractivity contribution in [2.75, 3.05) is 0 Å². The van der Waals surface area contributed by atoms with Crippen LogP contribution in [0.1, 0.15) is 0 Å². The van der Waals surface area contributed by atoms with E-state index in [1.165, 1.54) is 15.4 Å². The van der Waals surface area contributed by atoms with Crippen molar-refractivity contribution in [2.45, 2.75) is 6.23 Å². The summed E-state index contributed by atoms with van der Waals surface area (Å²) in [5.74, 6) is -0.300. The number of aliphatic hydroxyl groups excluding tert-OH is 2. The van der Waals surface area contributed by atoms with E-state index in [4.69, 9.17) is 0 Å². The van der Waals surface area contributed by atoms with Crippen molar-refractivity contribution < 1.29 is 15.0 Å². The second kappa shape index (κ2) is 3.92. The van der Waals surface area contributed by atoms with Gasteiger partial charge in [-0.3, -0.25) is 7.91 Å². The highest BCUT2D eigenvalue weighted by Gasteiger charge is 2.24. The molecule has 0 bridgehead atoms. The van der Waals surface area contributed by atoms with Crippen molar-refractivity contribution in [1.82, 2.24) is 3.11 Å². The van der Waals surface area contributed by atoms with Gasteiger partial charge in [0.1, 0.15) is 0 Å². The number of nitrogens with zero attached hydrogens (tertiary/aromatic N) is 1. The van der Waals surface area contributed by atoms with Crippen LogP contribution < -0.4 is 0 Å². The van der Waals surface area contributed by atoms with E-state index in [-0.39, 0.29) is 15.1 Å². The Morgan fingerprint density at radius 3 is 2.75 bits per heavy atom. The molecule has 0 aromatic carbocycles. The molecule has 0 aromatic rings. The number of hydrogen-bond acceptors (Lipinski definition) is 4. The maximum atomic E-state index is 10.8. The average Bonchev–Trinajstić information content (AvgIpc) is 2.00. The molecule has 1 unspecified atom stereocenters. The first-order valence-electron chi connectivity index (χ1n) is 2.97. The lowest BCUT2D eigenvalue weighted by atomic mass is 10.2. The molecule has 2 N–H and O–H groups in total. The highest BCUT2D eigenvalue weighted by Crippen LogP contribution is 2.23. The van der Waals surface area contributed by atoms with E-state index in [1.807, 2.05) is 22.9 Å². The number of hydrogen-bond donors (Lipinski definition) is 2. The van der Waals surface area contributed by atoms with Gasteiger partial charge in [-0.05, 0) is 6.08 Å². The third-order valence-corrected chi connectivity index (χ3v) is 2.78. The van der Waals surface area contributed by atoms with Crippen LogP contribution in [0, 0.1) is 0 Å². The smallest absolute Gasteiger partial charge is 0.225 e. The fourth-order valence-electron chi connectivity index (χ4n) is 0.735. The van der Waals surface area contributed by atoms with Crippen LogP contribution in [0.5, 0.6) is 0 Å². The highest BCUT2D eigenvalue weighted by atomic mass is 127. The molecule has 0 radical (unpaired) electrons. The third-order valence-electron chi connectivity index (χ3n) is 1.35. The van der Waals surface area contributed by atoms with Crippen LogP contribution in [0.15, 0.2) is 23.6 Å². The summed E-state index contributed by atoms with van der Waals surface area (Å²) in [5.41, 5.74) is 0.149. The van der Waals surface area contributed by atoms with E-state index in [0.717, 1.165) is 0 Å². The lowest BCUT2D eigenvalue weighted by molar-refractivity contribution is -0.106. The molecule has 1 heterocycles. The Morgan fingerprint density at radius 1 is 1.67 bits per heavy atom. The molecule has 0 fully saturated rings. The Kier molecular flexibility index (Phi) is 3.35. The van der Waals surface area contributed by atoms with Crippen molar-refractivity contribution in [2.24, 2.45) is 0 Å². The van der Waals surface area contributed by atoms with Gasteiger partial charge in [0.2, 0.25) is 3.79 Å². The average molecular weight is 393 g/mol. The molecule has 0 aromatic heterocycles. The predicted molar refractivity (Wildman–Crippen MR) is 59.7 cm³/mol. The van der Waals surface area contributed by atoms with Crippen LogP contribution in [-0.2, 0) is 4.79 Å². The van der Waals surface area contributed by atoms with E-state index in [9.17, 15) is 15.0 Å². The maximum Gasteiger partial charge on any atom is 0.225 e. The van der Waals surface area contributed by atoms with Gasteiger partial charge in [0.15, 0.2) is 12.0 Å². The van der Waals surface area contributed by atoms with Crippen molar-refractivity contribution >= 4 is 49.2 Å². The number of carbonyl (C=O) groups is 1. The summed E-state index contributed by atoms with van der Waals surface area (Å²) in [6.45, 7) is 0. The standard InChI is InChI=1S/C6H5I2NO3/c7-5(11)3-1-2-9(8)6(12)4(3)10/h1-2,6,10,12H. The molecule has 4 nitrogen and oxygen atoms in total. The SMILES string of the molecule is O=C(I)C1=C(O)C(O)N(I)C=C1. The Balaban J connectivity index is 3.02. The first-order valence-corrected chi connectivity index (χ1v) is 5.01. The molecule has 0 spiro atoms. The molecule has 1 rings (SSSR count). The quantitative estimate of drug-likeness (QED) is 0.400. The molecule has 0 saturated carbocycles. The van der Waals surface area contributed by atoms with Crippen molar-refractivity contribution in [3.63, 3.8) is 0 Å². The predicted octanol–water partition coefficient (Wildman–Crippen LogP) is 1.26. The second-order valence-electron chi connectivity index (χ2n) is 2.11. The van der Waals surface area contributed by atoms with E-state index < -0.39 is 6.23 Å². The third kappa shape index (κ3) is 1.91. The monoisotopic (exact) mass is 393 g/mol. The van der Waals surface area contributed by atoms with Gasteiger partial charge in [0.05, 0.1) is 28.4 Å². The summed E-state index contributed by atoms with van der Waals surface area (Å²) < 4.78 is 1.08. The number of halogens is 2. The van der Waals surface area contributed by atoms with Gasteiger partial charge in [-0.2, -0.15) is 0 Å². The van der Waals surface area contributed by atoms with Crippen molar-refractivity contribution in [3.8, 4) is 0 Å². The van der Waals surface area contributed by atoms with Crippen LogP contribution in [-0.4, -0.2) is 23.3 Å². The van der Waals surface area contributed by atoms with Crippen LogP contribution in [0.2, 0.25) is 0 Å². The zero-order chi connectivity index (χ0) is 9.30. The summed E-state index contributed by atoms with van der Waals surface area (Å²) >= 11 is 3.37. The summed E-state index contributed by atoms with van der Waals surface area (Å²) in [5, 5.41) is 18.6. The van der Waals surface area contributed by atoms with Crippen molar-refractivity contribution in [1.29, 1.82) is 0 Å². The summed E-state index contributed by atoms with van der Waals surface area (Å²) in [6.07, 6.45) is 1.87. The van der Waals surface area contributed by atoms with Crippen molar-refractivity contribution in [3.05, 3.63) is 23.6 Å². The normalized spacial score (nSPS) is 23.2. The van der Waals surface area contributed by atoms with Gasteiger partial charge < -0.3 is 10.2 Å². The molecular weight excluding hydrogens is 388 g/mol. The van der Waals surface area contributed by atoms with Crippen LogP contribution in [0.25, 0.3) is 0 Å². The first-order chi connectivity index (χ1) is 5.54. The highest BCUT2D eigenvalue weighted by molar-refractivity contribution is 14.1. The van der Waals surface area contributed by atoms with E-state index in [1.54, 1.807) is 22.6 Å². The number of aliphatic hydroxyl groups is 2. The zero-order valence-electron chi connectivity index (χ0n) is 5.74. The minimum absolute atomic E-state index is 0.149. The molecular formula is C6H5I2NO3. The Labute approximate surface area is 96.6 Å². The maximum absolute atomic E-state index is 10.8. The van der Waals surface area contributed by atoms with Crippen LogP contribution >= 0.6 is 45.5 Å². The summed E-state index contributed by atoms with van der Waals surface area (Å²) in [7, 11) is 0. The molecule has 1 aliphatic heterocycles. The lowest BCUT2D eigenvalue weighted by Gasteiger charge is -2.23. The number of allylic oxidation sites excluding steroid dienone is 2. The lowest BCUT2D eigenvalue weighted by Crippen LogP contribution is -2.28. The van der Waals surface area contributed by atoms with Gasteiger partial charge in [0, 0.05) is 28.8 Å². The topological polar surface area (TPSA) is 60.8 Å². The first kappa shape index (κ1) is 10.3. The van der Waals surface area contributed by atoms with E-state index in [2.05, 4.69) is 0 Å². The van der Waals surface area contributed by atoms with Crippen LogP contribution in [0.4, 0.5) is 0 Å². The van der Waals surface area contributed by atoms with Crippen LogP contribution in [0.3, 0.4) is 0 Å². The Hall–Kier alpha value is 0.170. The van der Waals surface area contributed by atoms with Gasteiger partial charge in [-0.1, -0.05) is 0 Å². The Bertz CT molecular complexity index is 274. The molecule has 0 aliphatic carbocycles.